The van der Waals surface area contributed by atoms with Crippen molar-refractivity contribution in [2.75, 3.05) is 0 Å². The summed E-state index contributed by atoms with van der Waals surface area (Å²) in [6, 6.07) is 3.80. The van der Waals surface area contributed by atoms with E-state index in [1.54, 1.807) is 0 Å². The lowest BCUT2D eigenvalue weighted by atomic mass is 9.78. The topological polar surface area (TPSA) is 101 Å². The zero-order chi connectivity index (χ0) is 32.0. The van der Waals surface area contributed by atoms with Crippen LogP contribution in [0.2, 0.25) is 0 Å². The summed E-state index contributed by atoms with van der Waals surface area (Å²) in [5.74, 6) is -0.873. The van der Waals surface area contributed by atoms with Gasteiger partial charge in [0.15, 0.2) is 5.78 Å². The highest BCUT2D eigenvalue weighted by Crippen LogP contribution is 2.40. The molecule has 1 heterocycles. The maximum Gasteiger partial charge on any atom is 0.333 e. The normalized spacial score (nSPS) is 14.0. The first-order chi connectivity index (χ1) is 20.2. The third-order valence-electron chi connectivity index (χ3n) is 8.28. The van der Waals surface area contributed by atoms with E-state index in [0.717, 1.165) is 55.2 Å². The van der Waals surface area contributed by atoms with E-state index < -0.39 is 17.8 Å². The van der Waals surface area contributed by atoms with Crippen LogP contribution >= 0.6 is 0 Å². The molecule has 1 saturated heterocycles. The summed E-state index contributed by atoms with van der Waals surface area (Å²) in [6.07, 6.45) is 16.8. The molecule has 0 bridgehead atoms. The molecule has 1 aromatic rings. The second-order valence-electron chi connectivity index (χ2n) is 14.3. The highest BCUT2D eigenvalue weighted by Gasteiger charge is 2.32. The molecule has 0 aliphatic carbocycles. The van der Waals surface area contributed by atoms with E-state index in [9.17, 15) is 24.3 Å². The minimum absolute atomic E-state index is 0.122. The number of hydroxylamine groups is 2. The molecule has 242 valence electrons. The van der Waals surface area contributed by atoms with Crippen LogP contribution < -0.4 is 0 Å². The quantitative estimate of drug-likeness (QED) is 0.0967. The van der Waals surface area contributed by atoms with Crippen molar-refractivity contribution < 1.29 is 29.1 Å². The fourth-order valence-electron chi connectivity index (χ4n) is 5.56. The zero-order valence-electron chi connectivity index (χ0n) is 27.8. The van der Waals surface area contributed by atoms with Gasteiger partial charge in [0.05, 0.1) is 0 Å². The van der Waals surface area contributed by atoms with E-state index in [4.69, 9.17) is 4.84 Å². The largest absolute Gasteiger partial charge is 0.507 e. The number of carbonyl (C=O) groups excluding carboxylic acids is 4. The molecular formula is C36H57NO6. The fourth-order valence-corrected chi connectivity index (χ4v) is 5.56. The van der Waals surface area contributed by atoms with Gasteiger partial charge in [0.2, 0.25) is 0 Å². The first-order valence-electron chi connectivity index (χ1n) is 16.7. The Bertz CT molecular complexity index is 1030. The Kier molecular flexibility index (Phi) is 14.9. The minimum Gasteiger partial charge on any atom is -0.507 e. The zero-order valence-corrected chi connectivity index (χ0v) is 27.8. The van der Waals surface area contributed by atoms with Gasteiger partial charge in [-0.1, -0.05) is 119 Å². The van der Waals surface area contributed by atoms with Crippen molar-refractivity contribution in [1.29, 1.82) is 0 Å². The molecule has 7 nitrogen and oxygen atoms in total. The first-order valence-corrected chi connectivity index (χ1v) is 16.7. The van der Waals surface area contributed by atoms with Gasteiger partial charge in [0.25, 0.3) is 11.8 Å². The average Bonchev–Trinajstić information content (AvgIpc) is 3.23. The molecule has 2 rings (SSSR count). The average molecular weight is 600 g/mol. The molecular weight excluding hydrogens is 542 g/mol. The molecule has 0 aromatic heterocycles. The number of unbranched alkanes of at least 4 members (excludes halogenated alkanes) is 13. The highest BCUT2D eigenvalue weighted by atomic mass is 16.7. The molecule has 0 spiro atoms. The number of phenolic OH excluding ortho intramolecular Hbond substituents is 1. The van der Waals surface area contributed by atoms with Crippen LogP contribution in [0.25, 0.3) is 0 Å². The standard InChI is InChI=1S/C36H57NO6/c1-35(2,3)28-25-27(26-29(34(28)42)36(4,5)6)30(38)21-19-17-15-13-11-9-7-8-10-12-14-16-18-20-22-33(41)43-37-31(39)23-24-32(37)40/h25-26,42H,7-24H2,1-6H3. The van der Waals surface area contributed by atoms with Crippen molar-refractivity contribution in [3.63, 3.8) is 0 Å². The van der Waals surface area contributed by atoms with Crippen LogP contribution in [0.5, 0.6) is 5.75 Å². The van der Waals surface area contributed by atoms with Crippen LogP contribution in [0.3, 0.4) is 0 Å². The Morgan fingerprint density at radius 2 is 1.00 bits per heavy atom. The molecule has 43 heavy (non-hydrogen) atoms. The van der Waals surface area contributed by atoms with Crippen LogP contribution in [0.4, 0.5) is 0 Å². The predicted molar refractivity (Wildman–Crippen MR) is 171 cm³/mol. The number of rotatable bonds is 19. The van der Waals surface area contributed by atoms with Gasteiger partial charge >= 0.3 is 5.97 Å². The summed E-state index contributed by atoms with van der Waals surface area (Å²) < 4.78 is 0. The van der Waals surface area contributed by atoms with Crippen molar-refractivity contribution in [2.24, 2.45) is 0 Å². The highest BCUT2D eigenvalue weighted by molar-refractivity contribution is 6.01. The Labute approximate surface area is 260 Å². The summed E-state index contributed by atoms with van der Waals surface area (Å²) in [5.41, 5.74) is 1.94. The number of aromatic hydroxyl groups is 1. The lowest BCUT2D eigenvalue weighted by molar-refractivity contribution is -0.197. The molecule has 1 aromatic carbocycles. The number of amides is 2. The predicted octanol–water partition coefficient (Wildman–Crippen LogP) is 9.02. The van der Waals surface area contributed by atoms with Crippen molar-refractivity contribution in [3.05, 3.63) is 28.8 Å². The summed E-state index contributed by atoms with van der Waals surface area (Å²) in [7, 11) is 0. The van der Waals surface area contributed by atoms with E-state index in [1.165, 1.54) is 51.4 Å². The van der Waals surface area contributed by atoms with Gasteiger partial charge in [-0.25, -0.2) is 4.79 Å². The first kappa shape index (κ1) is 36.5. The van der Waals surface area contributed by atoms with Crippen LogP contribution in [0.1, 0.15) is 179 Å². The van der Waals surface area contributed by atoms with Gasteiger partial charge in [-0.15, -0.1) is 5.06 Å². The van der Waals surface area contributed by atoms with Crippen LogP contribution in [-0.2, 0) is 30.1 Å². The maximum absolute atomic E-state index is 13.0. The van der Waals surface area contributed by atoms with Crippen molar-refractivity contribution >= 4 is 23.6 Å². The summed E-state index contributed by atoms with van der Waals surface area (Å²) >= 11 is 0. The van der Waals surface area contributed by atoms with Crippen LogP contribution in [-0.4, -0.2) is 33.7 Å². The second kappa shape index (κ2) is 17.6. The summed E-state index contributed by atoms with van der Waals surface area (Å²) in [5, 5.41) is 11.5. The monoisotopic (exact) mass is 599 g/mol. The smallest absolute Gasteiger partial charge is 0.333 e. The van der Waals surface area contributed by atoms with Gasteiger partial charge in [0, 0.05) is 42.4 Å². The Hall–Kier alpha value is -2.70. The number of hydrogen-bond acceptors (Lipinski definition) is 6. The van der Waals surface area contributed by atoms with E-state index in [1.807, 2.05) is 12.1 Å². The Morgan fingerprint density at radius 3 is 1.37 bits per heavy atom. The Balaban J connectivity index is 1.47. The number of ketones is 1. The fraction of sp³-hybridized carbons (Fsp3) is 0.722. The number of carbonyl (C=O) groups is 4. The molecule has 0 unspecified atom stereocenters. The van der Waals surface area contributed by atoms with Gasteiger partial charge in [-0.2, -0.15) is 0 Å². The SMILES string of the molecule is CC(C)(C)c1cc(C(=O)CCCCCCCCCCCCCCCCC(=O)ON2C(=O)CCC2=O)cc(C(C)(C)C)c1O. The number of hydrogen-bond donors (Lipinski definition) is 1. The molecule has 7 heteroatoms. The minimum atomic E-state index is -0.504. The molecule has 1 N–H and O–H groups in total. The van der Waals surface area contributed by atoms with Crippen LogP contribution in [0.15, 0.2) is 12.1 Å². The van der Waals surface area contributed by atoms with Crippen molar-refractivity contribution in [1.82, 2.24) is 5.06 Å². The van der Waals surface area contributed by atoms with Gasteiger partial charge in [-0.05, 0) is 35.8 Å². The molecule has 2 amide bonds. The third-order valence-corrected chi connectivity index (χ3v) is 8.28. The Morgan fingerprint density at radius 1 is 0.651 bits per heavy atom. The molecule has 1 fully saturated rings. The third kappa shape index (κ3) is 12.8. The van der Waals surface area contributed by atoms with Crippen LogP contribution in [0, 0.1) is 0 Å². The summed E-state index contributed by atoms with van der Waals surface area (Å²) in [6.45, 7) is 12.4. The molecule has 1 aliphatic rings. The lowest BCUT2D eigenvalue weighted by Crippen LogP contribution is -2.31. The van der Waals surface area contributed by atoms with Gasteiger partial charge < -0.3 is 9.94 Å². The number of benzene rings is 1. The van der Waals surface area contributed by atoms with E-state index >= 15 is 0 Å². The van der Waals surface area contributed by atoms with E-state index in [-0.39, 0.29) is 35.9 Å². The second-order valence-corrected chi connectivity index (χ2v) is 14.3. The number of imide groups is 1. The van der Waals surface area contributed by atoms with Gasteiger partial charge in [0.1, 0.15) is 5.75 Å². The molecule has 1 aliphatic heterocycles. The van der Waals surface area contributed by atoms with E-state index in [0.29, 0.717) is 17.2 Å². The number of nitrogens with zero attached hydrogens (tertiary/aromatic N) is 1. The molecule has 0 radical (unpaired) electrons. The lowest BCUT2D eigenvalue weighted by Gasteiger charge is -2.28. The van der Waals surface area contributed by atoms with Crippen molar-refractivity contribution in [2.45, 2.75) is 168 Å². The van der Waals surface area contributed by atoms with E-state index in [2.05, 4.69) is 41.5 Å². The summed E-state index contributed by atoms with van der Waals surface area (Å²) in [4.78, 5) is 52.7. The number of Topliss-reactive ketones (excluding diaryl/α,β-unsaturated/α-hetero) is 1. The maximum atomic E-state index is 13.0. The molecule has 0 saturated carbocycles. The van der Waals surface area contributed by atoms with Gasteiger partial charge in [-0.3, -0.25) is 14.4 Å². The molecule has 0 atom stereocenters. The number of phenols is 1. The van der Waals surface area contributed by atoms with Crippen molar-refractivity contribution in [3.8, 4) is 5.75 Å².